The molecule has 1 aromatic carbocycles. The van der Waals surface area contributed by atoms with Crippen LogP contribution < -0.4 is 5.73 Å². The summed E-state index contributed by atoms with van der Waals surface area (Å²) in [6.07, 6.45) is 1.19. The normalized spacial score (nSPS) is 14.1. The van der Waals surface area contributed by atoms with Gasteiger partial charge in [-0.25, -0.2) is 0 Å². The molecule has 4 heteroatoms. The molecule has 0 fully saturated rings. The highest BCUT2D eigenvalue weighted by Gasteiger charge is 2.14. The molecule has 1 rings (SSSR count). The molecule has 0 heterocycles. The van der Waals surface area contributed by atoms with Crippen LogP contribution >= 0.6 is 15.9 Å². The van der Waals surface area contributed by atoms with Crippen LogP contribution in [0.3, 0.4) is 0 Å². The summed E-state index contributed by atoms with van der Waals surface area (Å²) in [5.41, 5.74) is 7.18. The van der Waals surface area contributed by atoms with Gasteiger partial charge in [0, 0.05) is 16.9 Å². The molecule has 0 amide bonds. The van der Waals surface area contributed by atoms with E-state index in [9.17, 15) is 4.79 Å². The maximum atomic E-state index is 11.1. The zero-order valence-corrected chi connectivity index (χ0v) is 11.7. The van der Waals surface area contributed by atoms with Crippen molar-refractivity contribution in [2.24, 2.45) is 11.7 Å². The Balaban J connectivity index is 2.51. The van der Waals surface area contributed by atoms with Crippen molar-refractivity contribution >= 4 is 21.9 Å². The van der Waals surface area contributed by atoms with Crippen LogP contribution in [0.15, 0.2) is 28.7 Å². The van der Waals surface area contributed by atoms with E-state index in [2.05, 4.69) is 20.7 Å². The lowest BCUT2D eigenvalue weighted by atomic mass is 9.94. The maximum absolute atomic E-state index is 11.1. The average Bonchev–Trinajstić information content (AvgIpc) is 2.29. The highest BCUT2D eigenvalue weighted by atomic mass is 79.9. The smallest absolute Gasteiger partial charge is 0.305 e. The number of halogens is 1. The number of nitrogens with two attached hydrogens (primary N) is 1. The Morgan fingerprint density at radius 3 is 2.53 bits per heavy atom. The lowest BCUT2D eigenvalue weighted by molar-refractivity contribution is -0.141. The number of benzene rings is 1. The van der Waals surface area contributed by atoms with E-state index in [1.807, 2.05) is 31.2 Å². The second-order valence-electron chi connectivity index (χ2n) is 4.28. The van der Waals surface area contributed by atoms with E-state index in [0.29, 0.717) is 6.42 Å². The van der Waals surface area contributed by atoms with Gasteiger partial charge in [-0.2, -0.15) is 0 Å². The predicted octanol–water partition coefficient (Wildman–Crippen LogP) is 3.04. The fraction of sp³-hybridized carbons (Fsp3) is 0.462. The van der Waals surface area contributed by atoms with Gasteiger partial charge < -0.3 is 10.5 Å². The summed E-state index contributed by atoms with van der Waals surface area (Å²) in [6.45, 7) is 2.01. The fourth-order valence-electron chi connectivity index (χ4n) is 1.73. The summed E-state index contributed by atoms with van der Waals surface area (Å²) in [5, 5.41) is 0. The summed E-state index contributed by atoms with van der Waals surface area (Å²) in [5.74, 6) is 0.0432. The lowest BCUT2D eigenvalue weighted by Crippen LogP contribution is -2.16. The minimum atomic E-state index is -0.180. The molecule has 0 bridgehead atoms. The largest absolute Gasteiger partial charge is 0.469 e. The van der Waals surface area contributed by atoms with Gasteiger partial charge in [0.25, 0.3) is 0 Å². The average molecular weight is 300 g/mol. The Kier molecular flexibility index (Phi) is 5.65. The number of carbonyl (C=O) groups is 1. The molecule has 94 valence electrons. The Morgan fingerprint density at radius 1 is 1.41 bits per heavy atom. The van der Waals surface area contributed by atoms with Crippen molar-refractivity contribution in [3.05, 3.63) is 34.3 Å². The molecule has 0 saturated carbocycles. The fourth-order valence-corrected chi connectivity index (χ4v) is 2.00. The van der Waals surface area contributed by atoms with E-state index in [-0.39, 0.29) is 17.9 Å². The second kappa shape index (κ2) is 6.77. The van der Waals surface area contributed by atoms with Crippen molar-refractivity contribution in [1.29, 1.82) is 0 Å². The van der Waals surface area contributed by atoms with Crippen LogP contribution in [-0.4, -0.2) is 13.1 Å². The van der Waals surface area contributed by atoms with Crippen LogP contribution in [0.4, 0.5) is 0 Å². The predicted molar refractivity (Wildman–Crippen MR) is 71.5 cm³/mol. The summed E-state index contributed by atoms with van der Waals surface area (Å²) >= 11 is 3.39. The Bertz CT molecular complexity index is 364. The summed E-state index contributed by atoms with van der Waals surface area (Å²) < 4.78 is 5.68. The molecule has 0 aliphatic heterocycles. The number of methoxy groups -OCH3 is 1. The first kappa shape index (κ1) is 14.2. The minimum absolute atomic E-state index is 0.0391. The number of ether oxygens (including phenoxy) is 1. The maximum Gasteiger partial charge on any atom is 0.305 e. The molecule has 0 saturated heterocycles. The standard InChI is InChI=1S/C13H18BrNO2/c1-9(8-13(16)17-2)7-12(15)10-3-5-11(14)6-4-10/h3-6,9,12H,7-8,15H2,1-2H3. The SMILES string of the molecule is COC(=O)CC(C)CC(N)c1ccc(Br)cc1. The van der Waals surface area contributed by atoms with E-state index in [0.717, 1.165) is 16.5 Å². The van der Waals surface area contributed by atoms with E-state index in [4.69, 9.17) is 5.73 Å². The van der Waals surface area contributed by atoms with Crippen LogP contribution in [-0.2, 0) is 9.53 Å². The topological polar surface area (TPSA) is 52.3 Å². The van der Waals surface area contributed by atoms with Crippen molar-refractivity contribution in [2.45, 2.75) is 25.8 Å². The highest BCUT2D eigenvalue weighted by molar-refractivity contribution is 9.10. The third-order valence-corrected chi connectivity index (χ3v) is 3.23. The second-order valence-corrected chi connectivity index (χ2v) is 5.19. The van der Waals surface area contributed by atoms with Crippen LogP contribution in [0.25, 0.3) is 0 Å². The lowest BCUT2D eigenvalue weighted by Gasteiger charge is -2.16. The summed E-state index contributed by atoms with van der Waals surface area (Å²) in [4.78, 5) is 11.1. The van der Waals surface area contributed by atoms with Crippen molar-refractivity contribution in [1.82, 2.24) is 0 Å². The molecular formula is C13H18BrNO2. The van der Waals surface area contributed by atoms with Gasteiger partial charge in [0.1, 0.15) is 0 Å². The molecular weight excluding hydrogens is 282 g/mol. The van der Waals surface area contributed by atoms with Crippen LogP contribution in [0, 0.1) is 5.92 Å². The van der Waals surface area contributed by atoms with Gasteiger partial charge in [-0.05, 0) is 30.0 Å². The summed E-state index contributed by atoms with van der Waals surface area (Å²) in [7, 11) is 1.41. The number of hydrogen-bond donors (Lipinski definition) is 1. The molecule has 0 aliphatic carbocycles. The monoisotopic (exact) mass is 299 g/mol. The van der Waals surface area contributed by atoms with Gasteiger partial charge in [-0.1, -0.05) is 35.0 Å². The quantitative estimate of drug-likeness (QED) is 0.850. The van der Waals surface area contributed by atoms with Gasteiger partial charge >= 0.3 is 5.97 Å². The van der Waals surface area contributed by atoms with Gasteiger partial charge in [0.2, 0.25) is 0 Å². The molecule has 0 aromatic heterocycles. The van der Waals surface area contributed by atoms with E-state index in [1.54, 1.807) is 0 Å². The number of rotatable bonds is 5. The molecule has 2 unspecified atom stereocenters. The Morgan fingerprint density at radius 2 is 2.00 bits per heavy atom. The first-order valence-electron chi connectivity index (χ1n) is 5.60. The van der Waals surface area contributed by atoms with Crippen molar-refractivity contribution in [3.8, 4) is 0 Å². The third-order valence-electron chi connectivity index (χ3n) is 2.70. The molecule has 3 nitrogen and oxygen atoms in total. The van der Waals surface area contributed by atoms with Gasteiger partial charge in [-0.15, -0.1) is 0 Å². The van der Waals surface area contributed by atoms with Gasteiger partial charge in [0.15, 0.2) is 0 Å². The molecule has 1 aromatic rings. The summed E-state index contributed by atoms with van der Waals surface area (Å²) in [6, 6.07) is 7.90. The van der Waals surface area contributed by atoms with Crippen LogP contribution in [0.1, 0.15) is 31.4 Å². The Hall–Kier alpha value is -0.870. The van der Waals surface area contributed by atoms with Crippen molar-refractivity contribution in [3.63, 3.8) is 0 Å². The zero-order chi connectivity index (χ0) is 12.8. The van der Waals surface area contributed by atoms with Crippen molar-refractivity contribution < 1.29 is 9.53 Å². The van der Waals surface area contributed by atoms with Crippen LogP contribution in [0.5, 0.6) is 0 Å². The van der Waals surface area contributed by atoms with Gasteiger partial charge in [-0.3, -0.25) is 4.79 Å². The molecule has 0 aliphatic rings. The first-order chi connectivity index (χ1) is 8.02. The van der Waals surface area contributed by atoms with Gasteiger partial charge in [0.05, 0.1) is 7.11 Å². The zero-order valence-electron chi connectivity index (χ0n) is 10.2. The van der Waals surface area contributed by atoms with E-state index < -0.39 is 0 Å². The number of hydrogen-bond acceptors (Lipinski definition) is 3. The third kappa shape index (κ3) is 4.88. The number of esters is 1. The molecule has 2 atom stereocenters. The highest BCUT2D eigenvalue weighted by Crippen LogP contribution is 2.22. The molecule has 2 N–H and O–H groups in total. The van der Waals surface area contributed by atoms with E-state index >= 15 is 0 Å². The Labute approximate surface area is 110 Å². The van der Waals surface area contributed by atoms with Crippen molar-refractivity contribution in [2.75, 3.05) is 7.11 Å². The minimum Gasteiger partial charge on any atom is -0.469 e. The van der Waals surface area contributed by atoms with E-state index in [1.165, 1.54) is 7.11 Å². The molecule has 17 heavy (non-hydrogen) atoms. The van der Waals surface area contributed by atoms with Crippen LogP contribution in [0.2, 0.25) is 0 Å². The number of carbonyl (C=O) groups excluding carboxylic acids is 1. The first-order valence-corrected chi connectivity index (χ1v) is 6.40. The molecule has 0 spiro atoms. The molecule has 0 radical (unpaired) electrons.